The monoisotopic (exact) mass is 234 g/mol. The third-order valence-electron chi connectivity index (χ3n) is 2.51. The molecule has 2 rings (SSSR count). The maximum Gasteiger partial charge on any atom is 0.181 e. The van der Waals surface area contributed by atoms with Crippen LogP contribution in [0.3, 0.4) is 0 Å². The minimum absolute atomic E-state index is 0.626. The first-order chi connectivity index (χ1) is 7.94. The zero-order chi connectivity index (χ0) is 12.5. The molecule has 2 aromatic rings. The Morgan fingerprint density at radius 3 is 2.88 bits per heavy atom. The van der Waals surface area contributed by atoms with Gasteiger partial charge in [-0.3, -0.25) is 4.90 Å². The predicted molar refractivity (Wildman–Crippen MR) is 66.6 cm³/mol. The number of aliphatic hydroxyl groups is 1. The molecule has 1 aromatic heterocycles. The summed E-state index contributed by atoms with van der Waals surface area (Å²) in [6.45, 7) is 5.02. The molecule has 0 fully saturated rings. The van der Waals surface area contributed by atoms with E-state index in [9.17, 15) is 5.11 Å². The fourth-order valence-electron chi connectivity index (χ4n) is 2.03. The molecular formula is C13H18N2O2. The number of oxazole rings is 1. The van der Waals surface area contributed by atoms with Crippen LogP contribution in [0.25, 0.3) is 11.1 Å². The summed E-state index contributed by atoms with van der Waals surface area (Å²) in [7, 11) is 1.99. The number of nitrogens with zero attached hydrogens (tertiary/aromatic N) is 2. The molecule has 0 aliphatic carbocycles. The quantitative estimate of drug-likeness (QED) is 0.879. The molecule has 1 N–H and O–H groups in total. The van der Waals surface area contributed by atoms with Crippen molar-refractivity contribution in [3.63, 3.8) is 0 Å². The van der Waals surface area contributed by atoms with Gasteiger partial charge in [0.25, 0.3) is 0 Å². The maximum atomic E-state index is 9.73. The van der Waals surface area contributed by atoms with E-state index in [1.54, 1.807) is 0 Å². The lowest BCUT2D eigenvalue weighted by Crippen LogP contribution is -2.35. The SMILES string of the molecule is CN(Cc1ccc2ncoc2c1)CC(C)(C)O. The molecule has 0 unspecified atom stereocenters. The number of fused-ring (bicyclic) bond motifs is 1. The highest BCUT2D eigenvalue weighted by molar-refractivity contribution is 5.72. The lowest BCUT2D eigenvalue weighted by Gasteiger charge is -2.25. The fraction of sp³-hybridized carbons (Fsp3) is 0.462. The summed E-state index contributed by atoms with van der Waals surface area (Å²) in [5, 5.41) is 9.73. The number of hydrogen-bond acceptors (Lipinski definition) is 4. The van der Waals surface area contributed by atoms with Crippen LogP contribution in [0.5, 0.6) is 0 Å². The summed E-state index contributed by atoms with van der Waals surface area (Å²) in [5.41, 5.74) is 2.16. The van der Waals surface area contributed by atoms with Gasteiger partial charge >= 0.3 is 0 Å². The molecule has 92 valence electrons. The van der Waals surface area contributed by atoms with Crippen LogP contribution in [0, 0.1) is 0 Å². The van der Waals surface area contributed by atoms with Gasteiger partial charge in [-0.05, 0) is 38.6 Å². The van der Waals surface area contributed by atoms with Crippen LogP contribution in [-0.4, -0.2) is 34.2 Å². The molecule has 0 bridgehead atoms. The first-order valence-electron chi connectivity index (χ1n) is 5.67. The van der Waals surface area contributed by atoms with Crippen molar-refractivity contribution in [3.05, 3.63) is 30.2 Å². The van der Waals surface area contributed by atoms with Crippen molar-refractivity contribution in [3.8, 4) is 0 Å². The van der Waals surface area contributed by atoms with Gasteiger partial charge in [0, 0.05) is 13.1 Å². The Labute approximate surface area is 101 Å². The Hall–Kier alpha value is -1.39. The molecule has 0 spiro atoms. The lowest BCUT2D eigenvalue weighted by molar-refractivity contribution is 0.0425. The number of hydrogen-bond donors (Lipinski definition) is 1. The molecule has 0 saturated carbocycles. The molecule has 4 heteroatoms. The van der Waals surface area contributed by atoms with Crippen LogP contribution in [0.4, 0.5) is 0 Å². The zero-order valence-corrected chi connectivity index (χ0v) is 10.5. The first kappa shape index (κ1) is 12.1. The van der Waals surface area contributed by atoms with Gasteiger partial charge < -0.3 is 9.52 Å². The highest BCUT2D eigenvalue weighted by Gasteiger charge is 2.15. The van der Waals surface area contributed by atoms with E-state index in [2.05, 4.69) is 9.88 Å². The number of rotatable bonds is 4. The molecule has 0 aliphatic heterocycles. The number of likely N-dealkylation sites (N-methyl/N-ethyl adjacent to an activating group) is 1. The molecule has 0 saturated heterocycles. The zero-order valence-electron chi connectivity index (χ0n) is 10.5. The molecular weight excluding hydrogens is 216 g/mol. The van der Waals surface area contributed by atoms with Crippen LogP contribution >= 0.6 is 0 Å². The van der Waals surface area contributed by atoms with Crippen molar-refractivity contribution in [1.82, 2.24) is 9.88 Å². The number of aromatic nitrogens is 1. The van der Waals surface area contributed by atoms with Crippen molar-refractivity contribution >= 4 is 11.1 Å². The van der Waals surface area contributed by atoms with Crippen molar-refractivity contribution < 1.29 is 9.52 Å². The normalized spacial score (nSPS) is 12.5. The summed E-state index contributed by atoms with van der Waals surface area (Å²) in [6.07, 6.45) is 1.45. The lowest BCUT2D eigenvalue weighted by atomic mass is 10.1. The third kappa shape index (κ3) is 3.28. The standard InChI is InChI=1S/C13H18N2O2/c1-13(2,16)8-15(3)7-10-4-5-11-12(6-10)17-9-14-11/h4-6,9,16H,7-8H2,1-3H3. The van der Waals surface area contributed by atoms with E-state index < -0.39 is 5.60 Å². The van der Waals surface area contributed by atoms with Crippen LogP contribution in [0.2, 0.25) is 0 Å². The van der Waals surface area contributed by atoms with Crippen molar-refractivity contribution in [2.75, 3.05) is 13.6 Å². The second-order valence-electron chi connectivity index (χ2n) is 5.14. The van der Waals surface area contributed by atoms with Gasteiger partial charge in [0.1, 0.15) is 5.52 Å². The smallest absolute Gasteiger partial charge is 0.181 e. The van der Waals surface area contributed by atoms with Gasteiger partial charge in [0.15, 0.2) is 12.0 Å². The Balaban J connectivity index is 2.07. The van der Waals surface area contributed by atoms with Gasteiger partial charge in [-0.1, -0.05) is 6.07 Å². The molecule has 0 aliphatic rings. The highest BCUT2D eigenvalue weighted by Crippen LogP contribution is 2.16. The fourth-order valence-corrected chi connectivity index (χ4v) is 2.03. The van der Waals surface area contributed by atoms with Crippen molar-refractivity contribution in [2.45, 2.75) is 26.0 Å². The molecule has 1 aromatic carbocycles. The summed E-state index contributed by atoms with van der Waals surface area (Å²) < 4.78 is 5.26. The topological polar surface area (TPSA) is 49.5 Å². The number of benzene rings is 1. The minimum Gasteiger partial charge on any atom is -0.443 e. The Kier molecular flexibility index (Phi) is 3.17. The summed E-state index contributed by atoms with van der Waals surface area (Å²) in [6, 6.07) is 5.97. The van der Waals surface area contributed by atoms with Gasteiger partial charge in [0.05, 0.1) is 5.60 Å². The Bertz CT molecular complexity index is 499. The van der Waals surface area contributed by atoms with Crippen LogP contribution in [-0.2, 0) is 6.54 Å². The van der Waals surface area contributed by atoms with E-state index in [4.69, 9.17) is 4.42 Å². The third-order valence-corrected chi connectivity index (χ3v) is 2.51. The maximum absolute atomic E-state index is 9.73. The van der Waals surface area contributed by atoms with Gasteiger partial charge in [-0.15, -0.1) is 0 Å². The van der Waals surface area contributed by atoms with E-state index in [-0.39, 0.29) is 0 Å². The van der Waals surface area contributed by atoms with Crippen LogP contribution < -0.4 is 0 Å². The summed E-state index contributed by atoms with van der Waals surface area (Å²) >= 11 is 0. The highest BCUT2D eigenvalue weighted by atomic mass is 16.3. The van der Waals surface area contributed by atoms with E-state index in [0.717, 1.165) is 23.2 Å². The first-order valence-corrected chi connectivity index (χ1v) is 5.67. The summed E-state index contributed by atoms with van der Waals surface area (Å²) in [5.74, 6) is 0. The largest absolute Gasteiger partial charge is 0.443 e. The average molecular weight is 234 g/mol. The van der Waals surface area contributed by atoms with E-state index in [0.29, 0.717) is 6.54 Å². The van der Waals surface area contributed by atoms with Crippen molar-refractivity contribution in [2.24, 2.45) is 0 Å². The van der Waals surface area contributed by atoms with Gasteiger partial charge in [0.2, 0.25) is 0 Å². The van der Waals surface area contributed by atoms with Gasteiger partial charge in [-0.25, -0.2) is 4.98 Å². The predicted octanol–water partition coefficient (Wildman–Crippen LogP) is 2.03. The second kappa shape index (κ2) is 4.47. The summed E-state index contributed by atoms with van der Waals surface area (Å²) in [4.78, 5) is 6.16. The van der Waals surface area contributed by atoms with E-state index >= 15 is 0 Å². The molecule has 0 atom stereocenters. The molecule has 0 amide bonds. The average Bonchev–Trinajstić information content (AvgIpc) is 2.61. The minimum atomic E-state index is -0.676. The van der Waals surface area contributed by atoms with E-state index in [1.807, 2.05) is 39.1 Å². The molecule has 4 nitrogen and oxygen atoms in total. The van der Waals surface area contributed by atoms with Gasteiger partial charge in [-0.2, -0.15) is 0 Å². The second-order valence-corrected chi connectivity index (χ2v) is 5.14. The van der Waals surface area contributed by atoms with Crippen LogP contribution in [0.15, 0.2) is 29.0 Å². The van der Waals surface area contributed by atoms with E-state index in [1.165, 1.54) is 6.39 Å². The van der Waals surface area contributed by atoms with Crippen LogP contribution in [0.1, 0.15) is 19.4 Å². The molecule has 0 radical (unpaired) electrons. The van der Waals surface area contributed by atoms with Crippen molar-refractivity contribution in [1.29, 1.82) is 0 Å². The Morgan fingerprint density at radius 1 is 1.41 bits per heavy atom. The molecule has 17 heavy (non-hydrogen) atoms. The Morgan fingerprint density at radius 2 is 2.18 bits per heavy atom. The molecule has 1 heterocycles.